The molecule has 2 aromatic rings. The van der Waals surface area contributed by atoms with Crippen molar-refractivity contribution in [3.8, 4) is 0 Å². The van der Waals surface area contributed by atoms with Crippen LogP contribution in [0.5, 0.6) is 0 Å². The molecule has 3 rings (SSSR count). The van der Waals surface area contributed by atoms with Gasteiger partial charge in [-0.2, -0.15) is 0 Å². The number of hydrogen-bond acceptors (Lipinski definition) is 4. The zero-order valence-electron chi connectivity index (χ0n) is 16.7. The largest absolute Gasteiger partial charge is 0.390 e. The standard InChI is InChI=1S/C22H30N2O3S/c1-18-8-10-20(11-9-18)24(28(26,27)22-6-4-3-5-7-22)17-21(25)16-23-14-12-19(2)13-15-23/h3-11,19,21,25H,12-17H2,1-2H3/t21-/m1/s1. The second-order valence-electron chi connectivity index (χ2n) is 7.82. The van der Waals surface area contributed by atoms with E-state index in [1.165, 1.54) is 4.31 Å². The quantitative estimate of drug-likeness (QED) is 0.772. The van der Waals surface area contributed by atoms with E-state index in [9.17, 15) is 13.5 Å². The van der Waals surface area contributed by atoms with Crippen molar-refractivity contribution in [3.05, 3.63) is 60.2 Å². The molecule has 0 bridgehead atoms. The number of aliphatic hydroxyl groups is 1. The normalized spacial score (nSPS) is 17.4. The Morgan fingerprint density at radius 2 is 1.68 bits per heavy atom. The Bertz CT molecular complexity index is 845. The summed E-state index contributed by atoms with van der Waals surface area (Å²) in [5, 5.41) is 10.7. The molecule has 0 aromatic heterocycles. The van der Waals surface area contributed by atoms with E-state index < -0.39 is 16.1 Å². The molecule has 0 unspecified atom stereocenters. The number of anilines is 1. The summed E-state index contributed by atoms with van der Waals surface area (Å²) >= 11 is 0. The van der Waals surface area contributed by atoms with Crippen LogP contribution >= 0.6 is 0 Å². The molecule has 0 radical (unpaired) electrons. The fourth-order valence-electron chi connectivity index (χ4n) is 3.56. The Labute approximate surface area is 168 Å². The molecule has 0 amide bonds. The first kappa shape index (κ1) is 20.8. The number of sulfonamides is 1. The average Bonchev–Trinajstić information content (AvgIpc) is 2.69. The molecule has 0 saturated carbocycles. The molecule has 1 N–H and O–H groups in total. The highest BCUT2D eigenvalue weighted by atomic mass is 32.2. The van der Waals surface area contributed by atoms with Crippen LogP contribution in [-0.2, 0) is 10.0 Å². The Morgan fingerprint density at radius 3 is 2.29 bits per heavy atom. The molecule has 28 heavy (non-hydrogen) atoms. The molecule has 5 nitrogen and oxygen atoms in total. The van der Waals surface area contributed by atoms with E-state index in [0.717, 1.165) is 37.4 Å². The van der Waals surface area contributed by atoms with Gasteiger partial charge in [-0.25, -0.2) is 8.42 Å². The van der Waals surface area contributed by atoms with Gasteiger partial charge in [-0.05, 0) is 63.0 Å². The van der Waals surface area contributed by atoms with Gasteiger partial charge in [0.2, 0.25) is 0 Å². The molecule has 1 aliphatic heterocycles. The molecule has 1 heterocycles. The van der Waals surface area contributed by atoms with Crippen LogP contribution < -0.4 is 4.31 Å². The van der Waals surface area contributed by atoms with Crippen molar-refractivity contribution >= 4 is 15.7 Å². The second-order valence-corrected chi connectivity index (χ2v) is 9.68. The predicted molar refractivity (Wildman–Crippen MR) is 113 cm³/mol. The van der Waals surface area contributed by atoms with Gasteiger partial charge in [0.05, 0.1) is 23.2 Å². The van der Waals surface area contributed by atoms with Gasteiger partial charge in [0, 0.05) is 6.54 Å². The zero-order valence-corrected chi connectivity index (χ0v) is 17.5. The van der Waals surface area contributed by atoms with Crippen molar-refractivity contribution in [1.29, 1.82) is 0 Å². The van der Waals surface area contributed by atoms with Gasteiger partial charge >= 0.3 is 0 Å². The lowest BCUT2D eigenvalue weighted by Crippen LogP contribution is -2.44. The van der Waals surface area contributed by atoms with Crippen LogP contribution in [0.4, 0.5) is 5.69 Å². The molecule has 1 aliphatic rings. The molecular weight excluding hydrogens is 372 g/mol. The zero-order chi connectivity index (χ0) is 20.1. The number of aryl methyl sites for hydroxylation is 1. The molecule has 1 fully saturated rings. The highest BCUT2D eigenvalue weighted by Gasteiger charge is 2.28. The summed E-state index contributed by atoms with van der Waals surface area (Å²) in [6.45, 7) is 6.64. The maximum absolute atomic E-state index is 13.3. The molecule has 0 aliphatic carbocycles. The predicted octanol–water partition coefficient (Wildman–Crippen LogP) is 3.28. The highest BCUT2D eigenvalue weighted by molar-refractivity contribution is 7.92. The number of likely N-dealkylation sites (tertiary alicyclic amines) is 1. The minimum Gasteiger partial charge on any atom is -0.390 e. The van der Waals surface area contributed by atoms with E-state index in [-0.39, 0.29) is 11.4 Å². The number of nitrogens with zero attached hydrogens (tertiary/aromatic N) is 2. The summed E-state index contributed by atoms with van der Waals surface area (Å²) in [5.41, 5.74) is 1.63. The fourth-order valence-corrected chi connectivity index (χ4v) is 5.09. The number of hydrogen-bond donors (Lipinski definition) is 1. The summed E-state index contributed by atoms with van der Waals surface area (Å²) in [6.07, 6.45) is 1.49. The van der Waals surface area contributed by atoms with E-state index in [1.807, 2.05) is 19.1 Å². The van der Waals surface area contributed by atoms with Crippen LogP contribution in [0.15, 0.2) is 59.5 Å². The lowest BCUT2D eigenvalue weighted by atomic mass is 9.99. The third-order valence-corrected chi connectivity index (χ3v) is 7.18. The monoisotopic (exact) mass is 402 g/mol. The van der Waals surface area contributed by atoms with E-state index >= 15 is 0 Å². The third kappa shape index (κ3) is 5.13. The van der Waals surface area contributed by atoms with E-state index in [2.05, 4.69) is 11.8 Å². The van der Waals surface area contributed by atoms with Gasteiger partial charge in [-0.3, -0.25) is 4.31 Å². The molecule has 152 valence electrons. The van der Waals surface area contributed by atoms with Crippen LogP contribution in [-0.4, -0.2) is 50.7 Å². The topological polar surface area (TPSA) is 60.9 Å². The molecule has 1 saturated heterocycles. The first-order valence-electron chi connectivity index (χ1n) is 9.91. The SMILES string of the molecule is Cc1ccc(N(C[C@H](O)CN2CCC(C)CC2)S(=O)(=O)c2ccccc2)cc1. The maximum Gasteiger partial charge on any atom is 0.264 e. The van der Waals surface area contributed by atoms with Gasteiger partial charge in [-0.1, -0.05) is 42.8 Å². The van der Waals surface area contributed by atoms with Gasteiger partial charge in [0.25, 0.3) is 10.0 Å². The van der Waals surface area contributed by atoms with Crippen molar-refractivity contribution < 1.29 is 13.5 Å². The van der Waals surface area contributed by atoms with Crippen LogP contribution in [0.3, 0.4) is 0 Å². The van der Waals surface area contributed by atoms with Crippen LogP contribution in [0.25, 0.3) is 0 Å². The van der Waals surface area contributed by atoms with E-state index in [4.69, 9.17) is 0 Å². The minimum absolute atomic E-state index is 0.0341. The van der Waals surface area contributed by atoms with Crippen molar-refractivity contribution in [2.75, 3.05) is 30.5 Å². The number of benzene rings is 2. The lowest BCUT2D eigenvalue weighted by molar-refractivity contribution is 0.0971. The van der Waals surface area contributed by atoms with Gasteiger partial charge < -0.3 is 10.0 Å². The van der Waals surface area contributed by atoms with Crippen LogP contribution in [0.1, 0.15) is 25.3 Å². The first-order valence-corrected chi connectivity index (χ1v) is 11.3. The summed E-state index contributed by atoms with van der Waals surface area (Å²) in [7, 11) is -3.76. The summed E-state index contributed by atoms with van der Waals surface area (Å²) in [4.78, 5) is 2.46. The molecule has 1 atom stereocenters. The van der Waals surface area contributed by atoms with Gasteiger partial charge in [0.1, 0.15) is 0 Å². The number of piperidine rings is 1. The number of aliphatic hydroxyl groups excluding tert-OH is 1. The summed E-state index contributed by atoms with van der Waals surface area (Å²) < 4.78 is 27.9. The second kappa shape index (κ2) is 9.07. The van der Waals surface area contributed by atoms with Crippen molar-refractivity contribution in [3.63, 3.8) is 0 Å². The Balaban J connectivity index is 1.81. The molecule has 0 spiro atoms. The highest BCUT2D eigenvalue weighted by Crippen LogP contribution is 2.25. The number of β-amino-alcohol motifs (C(OH)–C–C–N with tert-alkyl or cyclic N) is 1. The van der Waals surface area contributed by atoms with Crippen molar-refractivity contribution in [2.45, 2.75) is 37.7 Å². The minimum atomic E-state index is -3.76. The summed E-state index contributed by atoms with van der Waals surface area (Å²) in [6, 6.07) is 15.8. The molecule has 6 heteroatoms. The summed E-state index contributed by atoms with van der Waals surface area (Å²) in [5.74, 6) is 0.718. The third-order valence-electron chi connectivity index (χ3n) is 5.37. The lowest BCUT2D eigenvalue weighted by Gasteiger charge is -2.33. The van der Waals surface area contributed by atoms with Gasteiger partial charge in [0.15, 0.2) is 0 Å². The maximum atomic E-state index is 13.3. The van der Waals surface area contributed by atoms with Crippen LogP contribution in [0, 0.1) is 12.8 Å². The molecular formula is C22H30N2O3S. The average molecular weight is 403 g/mol. The number of rotatable bonds is 7. The smallest absolute Gasteiger partial charge is 0.264 e. The van der Waals surface area contributed by atoms with E-state index in [1.54, 1.807) is 42.5 Å². The van der Waals surface area contributed by atoms with Crippen molar-refractivity contribution in [2.24, 2.45) is 5.92 Å². The Kier molecular flexibility index (Phi) is 6.75. The fraction of sp³-hybridized carbons (Fsp3) is 0.455. The Morgan fingerprint density at radius 1 is 1.07 bits per heavy atom. The Hall–Kier alpha value is -1.89. The molecule has 2 aromatic carbocycles. The van der Waals surface area contributed by atoms with Crippen molar-refractivity contribution in [1.82, 2.24) is 4.90 Å². The van der Waals surface area contributed by atoms with E-state index in [0.29, 0.717) is 12.2 Å². The van der Waals surface area contributed by atoms with Gasteiger partial charge in [-0.15, -0.1) is 0 Å². The van der Waals surface area contributed by atoms with Crippen LogP contribution in [0.2, 0.25) is 0 Å². The first-order chi connectivity index (χ1) is 13.4.